The number of amides is 1. The average molecular weight is 350 g/mol. The van der Waals surface area contributed by atoms with Crippen LogP contribution in [-0.2, 0) is 11.3 Å². The van der Waals surface area contributed by atoms with E-state index in [1.54, 1.807) is 0 Å². The summed E-state index contributed by atoms with van der Waals surface area (Å²) in [5.41, 5.74) is 3.41. The van der Waals surface area contributed by atoms with Gasteiger partial charge in [0, 0.05) is 55.6 Å². The van der Waals surface area contributed by atoms with Crippen LogP contribution in [0, 0.1) is 6.92 Å². The fourth-order valence-electron chi connectivity index (χ4n) is 4.11. The van der Waals surface area contributed by atoms with Gasteiger partial charge in [-0.1, -0.05) is 23.8 Å². The second-order valence-electron chi connectivity index (χ2n) is 7.51. The molecule has 1 atom stereocenters. The van der Waals surface area contributed by atoms with Crippen molar-refractivity contribution in [3.8, 4) is 11.4 Å². The normalized spacial score (nSPS) is 21.3. The van der Waals surface area contributed by atoms with Crippen LogP contribution in [0.5, 0.6) is 0 Å². The number of hydrogen-bond donors (Lipinski definition) is 0. The number of hydrogen-bond acceptors (Lipinski definition) is 4. The molecule has 0 spiro atoms. The molecular weight excluding hydrogens is 324 g/mol. The minimum absolute atomic E-state index is 0.336. The first-order valence-electron chi connectivity index (χ1n) is 9.59. The van der Waals surface area contributed by atoms with Crippen LogP contribution in [0.15, 0.2) is 36.7 Å². The molecule has 0 bridgehead atoms. The van der Waals surface area contributed by atoms with Gasteiger partial charge in [-0.15, -0.1) is 0 Å². The molecule has 136 valence electrons. The molecule has 1 unspecified atom stereocenters. The van der Waals surface area contributed by atoms with Gasteiger partial charge in [0.05, 0.1) is 0 Å². The predicted molar refractivity (Wildman–Crippen MR) is 101 cm³/mol. The van der Waals surface area contributed by atoms with Crippen molar-refractivity contribution in [1.29, 1.82) is 0 Å². The molecule has 0 N–H and O–H groups in total. The van der Waals surface area contributed by atoms with Crippen molar-refractivity contribution < 1.29 is 4.79 Å². The molecule has 5 nitrogen and oxygen atoms in total. The van der Waals surface area contributed by atoms with Crippen LogP contribution in [0.2, 0.25) is 0 Å². The van der Waals surface area contributed by atoms with Crippen LogP contribution in [0.3, 0.4) is 0 Å². The average Bonchev–Trinajstić information content (AvgIpc) is 3.09. The Morgan fingerprint density at radius 3 is 2.73 bits per heavy atom. The van der Waals surface area contributed by atoms with Crippen molar-refractivity contribution in [1.82, 2.24) is 19.8 Å². The van der Waals surface area contributed by atoms with E-state index in [4.69, 9.17) is 0 Å². The van der Waals surface area contributed by atoms with Gasteiger partial charge in [-0.2, -0.15) is 0 Å². The minimum Gasteiger partial charge on any atom is -0.338 e. The number of benzene rings is 1. The van der Waals surface area contributed by atoms with Crippen molar-refractivity contribution in [3.05, 3.63) is 47.8 Å². The molecule has 2 fully saturated rings. The molecule has 1 amide bonds. The first kappa shape index (κ1) is 17.2. The lowest BCUT2D eigenvalue weighted by molar-refractivity contribution is -0.130. The lowest BCUT2D eigenvalue weighted by atomic mass is 10.0. The van der Waals surface area contributed by atoms with Crippen LogP contribution < -0.4 is 0 Å². The van der Waals surface area contributed by atoms with Gasteiger partial charge < -0.3 is 4.90 Å². The zero-order valence-electron chi connectivity index (χ0n) is 15.4. The van der Waals surface area contributed by atoms with Crippen molar-refractivity contribution >= 4 is 5.91 Å². The van der Waals surface area contributed by atoms with Gasteiger partial charge in [-0.25, -0.2) is 9.97 Å². The van der Waals surface area contributed by atoms with Gasteiger partial charge >= 0.3 is 0 Å². The van der Waals surface area contributed by atoms with Crippen LogP contribution in [0.4, 0.5) is 0 Å². The molecule has 2 aliphatic rings. The van der Waals surface area contributed by atoms with Crippen LogP contribution >= 0.6 is 0 Å². The van der Waals surface area contributed by atoms with Crippen molar-refractivity contribution in [2.45, 2.75) is 45.2 Å². The second kappa shape index (κ2) is 7.54. The molecule has 2 aliphatic heterocycles. The zero-order valence-corrected chi connectivity index (χ0v) is 15.4. The summed E-state index contributed by atoms with van der Waals surface area (Å²) in [6.45, 7) is 5.91. The van der Waals surface area contributed by atoms with Gasteiger partial charge in [0.2, 0.25) is 5.91 Å². The molecule has 1 aromatic heterocycles. The number of nitrogens with zero attached hydrogens (tertiary/aromatic N) is 4. The van der Waals surface area contributed by atoms with Gasteiger partial charge in [0.1, 0.15) is 0 Å². The highest BCUT2D eigenvalue weighted by molar-refractivity contribution is 5.78. The third-order valence-electron chi connectivity index (χ3n) is 5.42. The Kier molecular flexibility index (Phi) is 4.98. The van der Waals surface area contributed by atoms with Gasteiger partial charge in [0.15, 0.2) is 5.82 Å². The number of piperidine rings is 1. The van der Waals surface area contributed by atoms with E-state index < -0.39 is 0 Å². The van der Waals surface area contributed by atoms with E-state index in [0.29, 0.717) is 11.9 Å². The number of rotatable bonds is 4. The lowest BCUT2D eigenvalue weighted by Crippen LogP contribution is -2.48. The van der Waals surface area contributed by atoms with Crippen molar-refractivity contribution in [2.24, 2.45) is 0 Å². The smallest absolute Gasteiger partial charge is 0.222 e. The minimum atomic E-state index is 0.336. The Hall–Kier alpha value is -2.27. The number of aryl methyl sites for hydroxylation is 1. The fraction of sp³-hybridized carbons (Fsp3) is 0.476. The second-order valence-corrected chi connectivity index (χ2v) is 7.51. The molecule has 26 heavy (non-hydrogen) atoms. The maximum atomic E-state index is 12.0. The van der Waals surface area contributed by atoms with Gasteiger partial charge in [-0.3, -0.25) is 9.69 Å². The summed E-state index contributed by atoms with van der Waals surface area (Å²) in [6, 6.07) is 8.65. The van der Waals surface area contributed by atoms with Crippen LogP contribution in [0.1, 0.15) is 36.8 Å². The molecule has 4 rings (SSSR count). The molecule has 1 aromatic carbocycles. The number of carbonyl (C=O) groups excluding carboxylic acids is 1. The van der Waals surface area contributed by atoms with Gasteiger partial charge in [-0.05, 0) is 38.8 Å². The van der Waals surface area contributed by atoms with Gasteiger partial charge in [0.25, 0.3) is 0 Å². The molecule has 2 aromatic rings. The van der Waals surface area contributed by atoms with E-state index in [2.05, 4.69) is 38.8 Å². The lowest BCUT2D eigenvalue weighted by Gasteiger charge is -2.37. The highest BCUT2D eigenvalue weighted by Crippen LogP contribution is 2.23. The summed E-state index contributed by atoms with van der Waals surface area (Å²) < 4.78 is 0. The van der Waals surface area contributed by atoms with E-state index in [-0.39, 0.29) is 0 Å². The fourth-order valence-corrected chi connectivity index (χ4v) is 4.11. The number of likely N-dealkylation sites (tertiary alicyclic amines) is 2. The van der Waals surface area contributed by atoms with E-state index in [9.17, 15) is 4.79 Å². The van der Waals surface area contributed by atoms with Crippen LogP contribution in [0.25, 0.3) is 11.4 Å². The third-order valence-corrected chi connectivity index (χ3v) is 5.42. The largest absolute Gasteiger partial charge is 0.338 e. The highest BCUT2D eigenvalue weighted by Gasteiger charge is 2.31. The summed E-state index contributed by atoms with van der Waals surface area (Å²) in [5, 5.41) is 0. The van der Waals surface area contributed by atoms with Crippen LogP contribution in [-0.4, -0.2) is 51.4 Å². The van der Waals surface area contributed by atoms with E-state index in [1.807, 2.05) is 24.5 Å². The van der Waals surface area contributed by atoms with E-state index in [1.165, 1.54) is 5.56 Å². The molecule has 2 saturated heterocycles. The Balaban J connectivity index is 1.40. The SMILES string of the molecule is Cc1cccc(-c2ncc(CN3CCCC(N4CCCC4=O)C3)cn2)c1. The molecule has 0 aliphatic carbocycles. The molecule has 5 heteroatoms. The highest BCUT2D eigenvalue weighted by atomic mass is 16.2. The summed E-state index contributed by atoms with van der Waals surface area (Å²) in [7, 11) is 0. The molecular formula is C21H26N4O. The molecule has 0 saturated carbocycles. The van der Waals surface area contributed by atoms with E-state index >= 15 is 0 Å². The Morgan fingerprint density at radius 1 is 1.15 bits per heavy atom. The summed E-state index contributed by atoms with van der Waals surface area (Å²) in [5.74, 6) is 1.11. The van der Waals surface area contributed by atoms with Crippen molar-refractivity contribution in [2.75, 3.05) is 19.6 Å². The maximum Gasteiger partial charge on any atom is 0.222 e. The Bertz CT molecular complexity index is 774. The van der Waals surface area contributed by atoms with E-state index in [0.717, 1.165) is 68.8 Å². The maximum absolute atomic E-state index is 12.0. The first-order chi connectivity index (χ1) is 12.7. The molecule has 0 radical (unpaired) electrons. The third kappa shape index (κ3) is 3.78. The quantitative estimate of drug-likeness (QED) is 0.850. The molecule has 3 heterocycles. The Morgan fingerprint density at radius 2 is 2.00 bits per heavy atom. The number of carbonyl (C=O) groups is 1. The number of aromatic nitrogens is 2. The van der Waals surface area contributed by atoms with Crippen molar-refractivity contribution in [3.63, 3.8) is 0 Å². The predicted octanol–water partition coefficient (Wildman–Crippen LogP) is 3.04. The Labute approximate surface area is 155 Å². The zero-order chi connectivity index (χ0) is 17.9. The first-order valence-corrected chi connectivity index (χ1v) is 9.59. The summed E-state index contributed by atoms with van der Waals surface area (Å²) >= 11 is 0. The monoisotopic (exact) mass is 350 g/mol. The summed E-state index contributed by atoms with van der Waals surface area (Å²) in [4.78, 5) is 25.7. The topological polar surface area (TPSA) is 49.3 Å². The standard InChI is InChI=1S/C21H26N4O/c1-16-5-2-6-18(11-16)21-22-12-17(13-23-21)14-24-9-3-7-19(15-24)25-10-4-8-20(25)26/h2,5-6,11-13,19H,3-4,7-10,14-15H2,1H3. The summed E-state index contributed by atoms with van der Waals surface area (Å²) in [6.07, 6.45) is 7.90.